The van der Waals surface area contributed by atoms with E-state index in [0.29, 0.717) is 28.7 Å². The van der Waals surface area contributed by atoms with Crippen LogP contribution in [-0.4, -0.2) is 50.5 Å². The molecule has 0 fully saturated rings. The molecule has 0 unspecified atom stereocenters. The summed E-state index contributed by atoms with van der Waals surface area (Å²) in [5.74, 6) is -0.512. The van der Waals surface area contributed by atoms with Gasteiger partial charge in [-0.3, -0.25) is 13.9 Å². The van der Waals surface area contributed by atoms with E-state index in [0.717, 1.165) is 17.4 Å². The molecule has 1 atom stereocenters. The Bertz CT molecular complexity index is 1350. The van der Waals surface area contributed by atoms with Crippen LogP contribution < -0.4 is 9.62 Å². The number of rotatable bonds is 13. The second-order valence-electron chi connectivity index (χ2n) is 9.17. The number of nitrogens with zero attached hydrogens (tertiary/aromatic N) is 2. The van der Waals surface area contributed by atoms with Gasteiger partial charge >= 0.3 is 0 Å². The molecule has 0 spiro atoms. The number of halogens is 2. The van der Waals surface area contributed by atoms with Crippen molar-refractivity contribution in [3.63, 3.8) is 0 Å². The Hall–Kier alpha value is -3.07. The van der Waals surface area contributed by atoms with Crippen molar-refractivity contribution < 1.29 is 18.0 Å². The van der Waals surface area contributed by atoms with Crippen molar-refractivity contribution in [3.05, 3.63) is 100 Å². The average Bonchev–Trinajstić information content (AvgIpc) is 2.89. The molecule has 2 amide bonds. The molecule has 0 aromatic heterocycles. The molecular formula is C29H33Cl2N3O4S. The fraction of sp³-hybridized carbons (Fsp3) is 0.310. The fourth-order valence-electron chi connectivity index (χ4n) is 4.29. The van der Waals surface area contributed by atoms with Crippen LogP contribution in [0.3, 0.4) is 0 Å². The molecular weight excluding hydrogens is 557 g/mol. The second kappa shape index (κ2) is 14.4. The molecule has 0 radical (unpaired) electrons. The molecule has 0 aliphatic rings. The molecule has 3 aromatic carbocycles. The average molecular weight is 591 g/mol. The SMILES string of the molecule is CCNC(=O)[C@@H](Cc1ccccc1)N(Cc1cccc(Cl)c1)C(=O)CCCN(c1ccc(Cl)cc1)S(C)(=O)=O. The monoisotopic (exact) mass is 589 g/mol. The van der Waals surface area contributed by atoms with E-state index in [4.69, 9.17) is 23.2 Å². The van der Waals surface area contributed by atoms with E-state index >= 15 is 0 Å². The number of likely N-dealkylation sites (N-methyl/N-ethyl adjacent to an activating group) is 1. The van der Waals surface area contributed by atoms with E-state index in [1.54, 1.807) is 47.4 Å². The lowest BCUT2D eigenvalue weighted by atomic mass is 10.0. The van der Waals surface area contributed by atoms with Gasteiger partial charge in [0.2, 0.25) is 21.8 Å². The fourth-order valence-corrected chi connectivity index (χ4v) is 5.59. The number of nitrogens with one attached hydrogen (secondary N) is 1. The van der Waals surface area contributed by atoms with Gasteiger partial charge in [-0.05, 0) is 60.9 Å². The molecule has 3 rings (SSSR count). The van der Waals surface area contributed by atoms with Crippen LogP contribution in [0, 0.1) is 0 Å². The van der Waals surface area contributed by atoms with E-state index < -0.39 is 16.1 Å². The summed E-state index contributed by atoms with van der Waals surface area (Å²) < 4.78 is 26.3. The van der Waals surface area contributed by atoms with Crippen LogP contribution in [0.5, 0.6) is 0 Å². The van der Waals surface area contributed by atoms with Crippen LogP contribution in [0.4, 0.5) is 5.69 Å². The quantitative estimate of drug-likeness (QED) is 0.292. The predicted molar refractivity (Wildman–Crippen MR) is 157 cm³/mol. The Morgan fingerprint density at radius 2 is 1.56 bits per heavy atom. The van der Waals surface area contributed by atoms with E-state index in [1.165, 1.54) is 4.31 Å². The third-order valence-electron chi connectivity index (χ3n) is 6.13. The van der Waals surface area contributed by atoms with Crippen molar-refractivity contribution in [3.8, 4) is 0 Å². The zero-order valence-electron chi connectivity index (χ0n) is 22.0. The molecule has 39 heavy (non-hydrogen) atoms. The number of amides is 2. The highest BCUT2D eigenvalue weighted by atomic mass is 35.5. The molecule has 0 aliphatic heterocycles. The summed E-state index contributed by atoms with van der Waals surface area (Å²) in [7, 11) is -3.59. The highest BCUT2D eigenvalue weighted by molar-refractivity contribution is 7.92. The zero-order valence-corrected chi connectivity index (χ0v) is 24.3. The highest BCUT2D eigenvalue weighted by Gasteiger charge is 2.30. The van der Waals surface area contributed by atoms with Gasteiger partial charge in [-0.1, -0.05) is 65.7 Å². The molecule has 7 nitrogen and oxygen atoms in total. The molecule has 0 heterocycles. The minimum Gasteiger partial charge on any atom is -0.355 e. The summed E-state index contributed by atoms with van der Waals surface area (Å²) in [6.07, 6.45) is 1.76. The Morgan fingerprint density at radius 3 is 2.18 bits per heavy atom. The van der Waals surface area contributed by atoms with Crippen molar-refractivity contribution in [1.82, 2.24) is 10.2 Å². The van der Waals surface area contributed by atoms with E-state index in [1.807, 2.05) is 43.3 Å². The van der Waals surface area contributed by atoms with Crippen LogP contribution in [-0.2, 0) is 32.6 Å². The maximum Gasteiger partial charge on any atom is 0.243 e. The number of benzene rings is 3. The summed E-state index contributed by atoms with van der Waals surface area (Å²) >= 11 is 12.2. The number of carbonyl (C=O) groups excluding carboxylic acids is 2. The van der Waals surface area contributed by atoms with Crippen molar-refractivity contribution in [2.75, 3.05) is 23.7 Å². The first-order valence-corrected chi connectivity index (χ1v) is 15.3. The van der Waals surface area contributed by atoms with Gasteiger partial charge in [-0.15, -0.1) is 0 Å². The maximum absolute atomic E-state index is 13.7. The summed E-state index contributed by atoms with van der Waals surface area (Å²) in [5.41, 5.74) is 2.18. The van der Waals surface area contributed by atoms with Gasteiger partial charge in [0.15, 0.2) is 0 Å². The molecule has 0 aliphatic carbocycles. The lowest BCUT2D eigenvalue weighted by Crippen LogP contribution is -2.50. The number of sulfonamides is 1. The van der Waals surface area contributed by atoms with E-state index in [-0.39, 0.29) is 37.7 Å². The van der Waals surface area contributed by atoms with Gasteiger partial charge < -0.3 is 10.2 Å². The van der Waals surface area contributed by atoms with E-state index in [2.05, 4.69) is 5.32 Å². The van der Waals surface area contributed by atoms with Gasteiger partial charge in [0.25, 0.3) is 0 Å². The smallest absolute Gasteiger partial charge is 0.243 e. The minimum absolute atomic E-state index is 0.0465. The third kappa shape index (κ3) is 9.27. The lowest BCUT2D eigenvalue weighted by molar-refractivity contribution is -0.141. The van der Waals surface area contributed by atoms with Crippen LogP contribution in [0.15, 0.2) is 78.9 Å². The van der Waals surface area contributed by atoms with Gasteiger partial charge in [0, 0.05) is 42.5 Å². The Kier molecular flexibility index (Phi) is 11.2. The molecule has 0 saturated carbocycles. The van der Waals surface area contributed by atoms with Crippen molar-refractivity contribution in [1.29, 1.82) is 0 Å². The lowest BCUT2D eigenvalue weighted by Gasteiger charge is -2.32. The molecule has 3 aromatic rings. The Morgan fingerprint density at radius 1 is 0.897 bits per heavy atom. The minimum atomic E-state index is -3.59. The summed E-state index contributed by atoms with van der Waals surface area (Å²) in [6, 6.07) is 22.4. The first-order valence-electron chi connectivity index (χ1n) is 12.7. The number of anilines is 1. The topological polar surface area (TPSA) is 86.8 Å². The van der Waals surface area contributed by atoms with Gasteiger partial charge in [0.05, 0.1) is 11.9 Å². The van der Waals surface area contributed by atoms with Crippen molar-refractivity contribution in [2.24, 2.45) is 0 Å². The highest BCUT2D eigenvalue weighted by Crippen LogP contribution is 2.22. The van der Waals surface area contributed by atoms with Crippen LogP contribution in [0.2, 0.25) is 10.0 Å². The maximum atomic E-state index is 13.7. The first-order chi connectivity index (χ1) is 18.6. The number of hydrogen-bond acceptors (Lipinski definition) is 4. The second-order valence-corrected chi connectivity index (χ2v) is 11.9. The van der Waals surface area contributed by atoms with Gasteiger partial charge in [-0.2, -0.15) is 0 Å². The molecule has 1 N–H and O–H groups in total. The third-order valence-corrected chi connectivity index (χ3v) is 7.81. The predicted octanol–water partition coefficient (Wildman–Crippen LogP) is 5.32. The van der Waals surface area contributed by atoms with Crippen LogP contribution in [0.25, 0.3) is 0 Å². The van der Waals surface area contributed by atoms with Gasteiger partial charge in [0.1, 0.15) is 6.04 Å². The van der Waals surface area contributed by atoms with Gasteiger partial charge in [-0.25, -0.2) is 8.42 Å². The zero-order chi connectivity index (χ0) is 28.4. The van der Waals surface area contributed by atoms with E-state index in [9.17, 15) is 18.0 Å². The van der Waals surface area contributed by atoms with Crippen LogP contribution in [0.1, 0.15) is 30.9 Å². The Labute approximate surface area is 240 Å². The molecule has 10 heteroatoms. The number of carbonyl (C=O) groups is 2. The largest absolute Gasteiger partial charge is 0.355 e. The molecule has 0 saturated heterocycles. The summed E-state index contributed by atoms with van der Waals surface area (Å²) in [5, 5.41) is 3.89. The Balaban J connectivity index is 1.85. The summed E-state index contributed by atoms with van der Waals surface area (Å²) in [4.78, 5) is 28.5. The first kappa shape index (κ1) is 30.5. The standard InChI is InChI=1S/C29H33Cl2N3O4S/c1-3-32-29(36)27(20-22-9-5-4-6-10-22)33(21-23-11-7-12-25(31)19-23)28(35)13-8-18-34(39(2,37)38)26-16-14-24(30)15-17-26/h4-7,9-12,14-17,19,27H,3,8,13,18,20-21H2,1-2H3,(H,32,36)/t27-/m1/s1. The normalized spacial score (nSPS) is 12.0. The van der Waals surface area contributed by atoms with Crippen molar-refractivity contribution in [2.45, 2.75) is 38.8 Å². The molecule has 208 valence electrons. The molecule has 0 bridgehead atoms. The van der Waals surface area contributed by atoms with Crippen molar-refractivity contribution >= 4 is 50.7 Å². The summed E-state index contributed by atoms with van der Waals surface area (Å²) in [6.45, 7) is 2.54. The van der Waals surface area contributed by atoms with Crippen LogP contribution >= 0.6 is 23.2 Å². The number of hydrogen-bond donors (Lipinski definition) is 1.